The second-order valence-corrected chi connectivity index (χ2v) is 7.71. The molecular weight excluding hydrogens is 284 g/mol. The standard InChI is InChI=1S/C21H34O2/c1-2-6-17-9-13-19(14-10-17)20-15-11-18(12-16-20)7-4-3-5-8-21(22)23/h3-5,8,17-20H,2,6-7,9-16H2,1H3,(H,22,23)/b4-3+,8-5+. The molecule has 0 spiro atoms. The van der Waals surface area contributed by atoms with Gasteiger partial charge in [-0.05, 0) is 68.6 Å². The van der Waals surface area contributed by atoms with Gasteiger partial charge < -0.3 is 5.11 Å². The van der Waals surface area contributed by atoms with E-state index in [0.717, 1.165) is 30.1 Å². The van der Waals surface area contributed by atoms with Gasteiger partial charge in [-0.2, -0.15) is 0 Å². The average Bonchev–Trinajstić information content (AvgIpc) is 2.56. The van der Waals surface area contributed by atoms with Crippen LogP contribution in [0.4, 0.5) is 0 Å². The molecule has 0 atom stereocenters. The molecule has 0 aliphatic heterocycles. The predicted molar refractivity (Wildman–Crippen MR) is 96.3 cm³/mol. The number of hydrogen-bond acceptors (Lipinski definition) is 1. The average molecular weight is 319 g/mol. The quantitative estimate of drug-likeness (QED) is 0.462. The van der Waals surface area contributed by atoms with Gasteiger partial charge >= 0.3 is 5.97 Å². The van der Waals surface area contributed by atoms with Crippen LogP contribution in [0.3, 0.4) is 0 Å². The van der Waals surface area contributed by atoms with Crippen LogP contribution in [-0.2, 0) is 4.79 Å². The molecule has 130 valence electrons. The summed E-state index contributed by atoms with van der Waals surface area (Å²) < 4.78 is 0. The van der Waals surface area contributed by atoms with Gasteiger partial charge in [-0.25, -0.2) is 4.79 Å². The second-order valence-electron chi connectivity index (χ2n) is 7.71. The topological polar surface area (TPSA) is 37.3 Å². The van der Waals surface area contributed by atoms with E-state index in [-0.39, 0.29) is 0 Å². The summed E-state index contributed by atoms with van der Waals surface area (Å²) >= 11 is 0. The highest BCUT2D eigenvalue weighted by Crippen LogP contribution is 2.42. The van der Waals surface area contributed by atoms with E-state index in [1.807, 2.05) is 6.08 Å². The van der Waals surface area contributed by atoms with Gasteiger partial charge in [-0.15, -0.1) is 0 Å². The molecule has 0 saturated heterocycles. The van der Waals surface area contributed by atoms with Crippen LogP contribution in [0.5, 0.6) is 0 Å². The first-order valence-corrected chi connectivity index (χ1v) is 9.75. The maximum atomic E-state index is 10.4. The highest BCUT2D eigenvalue weighted by molar-refractivity contribution is 5.80. The fourth-order valence-corrected chi connectivity index (χ4v) is 4.74. The number of hydrogen-bond donors (Lipinski definition) is 1. The van der Waals surface area contributed by atoms with E-state index < -0.39 is 5.97 Å². The second kappa shape index (κ2) is 9.95. The van der Waals surface area contributed by atoms with Gasteiger partial charge in [0.2, 0.25) is 0 Å². The summed E-state index contributed by atoms with van der Waals surface area (Å²) in [5, 5.41) is 8.54. The summed E-state index contributed by atoms with van der Waals surface area (Å²) in [6.45, 7) is 2.32. The molecule has 0 radical (unpaired) electrons. The molecule has 2 rings (SSSR count). The molecule has 2 aliphatic rings. The van der Waals surface area contributed by atoms with Gasteiger partial charge in [-0.3, -0.25) is 0 Å². The first-order valence-electron chi connectivity index (χ1n) is 9.75. The molecular formula is C21H34O2. The Morgan fingerprint density at radius 3 is 2.00 bits per heavy atom. The molecule has 0 bridgehead atoms. The van der Waals surface area contributed by atoms with Crippen LogP contribution >= 0.6 is 0 Å². The Morgan fingerprint density at radius 1 is 0.913 bits per heavy atom. The van der Waals surface area contributed by atoms with Crippen LogP contribution in [0.1, 0.15) is 77.6 Å². The lowest BCUT2D eigenvalue weighted by molar-refractivity contribution is -0.131. The van der Waals surface area contributed by atoms with Crippen molar-refractivity contribution >= 4 is 5.97 Å². The maximum absolute atomic E-state index is 10.4. The van der Waals surface area contributed by atoms with Gasteiger partial charge in [0.05, 0.1) is 0 Å². The van der Waals surface area contributed by atoms with Crippen molar-refractivity contribution in [2.75, 3.05) is 0 Å². The summed E-state index contributed by atoms with van der Waals surface area (Å²) in [6, 6.07) is 0. The van der Waals surface area contributed by atoms with Crippen LogP contribution in [0.15, 0.2) is 24.3 Å². The first-order chi connectivity index (χ1) is 11.2. The van der Waals surface area contributed by atoms with Crippen molar-refractivity contribution in [2.24, 2.45) is 23.7 Å². The summed E-state index contributed by atoms with van der Waals surface area (Å²) in [4.78, 5) is 10.4. The molecule has 0 aromatic carbocycles. The van der Waals surface area contributed by atoms with Crippen LogP contribution in [0.2, 0.25) is 0 Å². The highest BCUT2D eigenvalue weighted by Gasteiger charge is 2.30. The number of carboxylic acids is 1. The molecule has 2 saturated carbocycles. The summed E-state index contributed by atoms with van der Waals surface area (Å²) in [6.07, 6.45) is 22.3. The Bertz CT molecular complexity index is 394. The number of carbonyl (C=O) groups is 1. The zero-order valence-corrected chi connectivity index (χ0v) is 14.8. The van der Waals surface area contributed by atoms with Gasteiger partial charge in [0.1, 0.15) is 0 Å². The monoisotopic (exact) mass is 318 g/mol. The van der Waals surface area contributed by atoms with E-state index in [4.69, 9.17) is 5.11 Å². The maximum Gasteiger partial charge on any atom is 0.328 e. The third kappa shape index (κ3) is 6.53. The van der Waals surface area contributed by atoms with Crippen molar-refractivity contribution in [3.63, 3.8) is 0 Å². The van der Waals surface area contributed by atoms with Crippen LogP contribution in [0, 0.1) is 23.7 Å². The molecule has 0 aromatic rings. The van der Waals surface area contributed by atoms with Crippen molar-refractivity contribution in [2.45, 2.75) is 77.6 Å². The van der Waals surface area contributed by atoms with Gasteiger partial charge in [0.25, 0.3) is 0 Å². The molecule has 0 unspecified atom stereocenters. The molecule has 2 heteroatoms. The molecule has 2 aliphatic carbocycles. The SMILES string of the molecule is CCCC1CCC(C2CCC(C/C=C/C=C/C(=O)O)CC2)CC1. The fourth-order valence-electron chi connectivity index (χ4n) is 4.74. The van der Waals surface area contributed by atoms with Crippen LogP contribution < -0.4 is 0 Å². The largest absolute Gasteiger partial charge is 0.478 e. The van der Waals surface area contributed by atoms with Crippen LogP contribution in [0.25, 0.3) is 0 Å². The van der Waals surface area contributed by atoms with E-state index in [2.05, 4.69) is 13.0 Å². The zero-order valence-electron chi connectivity index (χ0n) is 14.8. The Labute approximate surface area is 142 Å². The van der Waals surface area contributed by atoms with Crippen molar-refractivity contribution in [1.29, 1.82) is 0 Å². The Balaban J connectivity index is 1.63. The van der Waals surface area contributed by atoms with Gasteiger partial charge in [0.15, 0.2) is 0 Å². The minimum atomic E-state index is -0.871. The molecule has 2 fully saturated rings. The highest BCUT2D eigenvalue weighted by atomic mass is 16.4. The van der Waals surface area contributed by atoms with E-state index in [9.17, 15) is 4.79 Å². The lowest BCUT2D eigenvalue weighted by atomic mass is 9.68. The predicted octanol–water partition coefficient (Wildman–Crippen LogP) is 5.99. The zero-order chi connectivity index (χ0) is 16.5. The van der Waals surface area contributed by atoms with Gasteiger partial charge in [-0.1, -0.05) is 50.8 Å². The fraction of sp³-hybridized carbons (Fsp3) is 0.762. The van der Waals surface area contributed by atoms with E-state index in [1.54, 1.807) is 6.08 Å². The number of allylic oxidation sites excluding steroid dienone is 3. The summed E-state index contributed by atoms with van der Waals surface area (Å²) in [7, 11) is 0. The normalized spacial score (nSPS) is 32.6. The lowest BCUT2D eigenvalue weighted by Gasteiger charge is -2.37. The number of rotatable bonds is 7. The summed E-state index contributed by atoms with van der Waals surface area (Å²) in [5.74, 6) is 2.97. The molecule has 0 aromatic heterocycles. The minimum absolute atomic E-state index is 0.817. The first kappa shape index (κ1) is 18.3. The molecule has 23 heavy (non-hydrogen) atoms. The molecule has 0 heterocycles. The Morgan fingerprint density at radius 2 is 1.48 bits per heavy atom. The minimum Gasteiger partial charge on any atom is -0.478 e. The lowest BCUT2D eigenvalue weighted by Crippen LogP contribution is -2.25. The van der Waals surface area contributed by atoms with Crippen LogP contribution in [-0.4, -0.2) is 11.1 Å². The van der Waals surface area contributed by atoms with Crippen molar-refractivity contribution < 1.29 is 9.90 Å². The third-order valence-electron chi connectivity index (χ3n) is 6.10. The molecule has 1 N–H and O–H groups in total. The van der Waals surface area contributed by atoms with Crippen molar-refractivity contribution in [1.82, 2.24) is 0 Å². The number of aliphatic carboxylic acids is 1. The van der Waals surface area contributed by atoms with Crippen molar-refractivity contribution in [3.8, 4) is 0 Å². The van der Waals surface area contributed by atoms with E-state index >= 15 is 0 Å². The Kier molecular flexibility index (Phi) is 7.91. The molecule has 0 amide bonds. The summed E-state index contributed by atoms with van der Waals surface area (Å²) in [5.41, 5.74) is 0. The third-order valence-corrected chi connectivity index (χ3v) is 6.10. The smallest absolute Gasteiger partial charge is 0.328 e. The van der Waals surface area contributed by atoms with E-state index in [0.29, 0.717) is 0 Å². The molecule has 2 nitrogen and oxygen atoms in total. The Hall–Kier alpha value is -1.05. The van der Waals surface area contributed by atoms with Crippen molar-refractivity contribution in [3.05, 3.63) is 24.3 Å². The number of carboxylic acid groups (broad SMARTS) is 1. The van der Waals surface area contributed by atoms with E-state index in [1.165, 1.54) is 70.3 Å². The van der Waals surface area contributed by atoms with Gasteiger partial charge in [0, 0.05) is 6.08 Å².